The number of aromatic nitrogens is 2. The first-order valence-electron chi connectivity index (χ1n) is 12.4. The zero-order chi connectivity index (χ0) is 26.9. The molecule has 1 aromatic heterocycles. The van der Waals surface area contributed by atoms with Gasteiger partial charge in [-0.25, -0.2) is 4.98 Å². The van der Waals surface area contributed by atoms with Crippen molar-refractivity contribution in [3.05, 3.63) is 70.0 Å². The highest BCUT2D eigenvalue weighted by Gasteiger charge is 2.23. The number of non-ortho nitro benzene ring substituents is 1. The van der Waals surface area contributed by atoms with Gasteiger partial charge in [-0.15, -0.1) is 0 Å². The predicted octanol–water partition coefficient (Wildman–Crippen LogP) is 3.24. The van der Waals surface area contributed by atoms with Crippen LogP contribution in [0, 0.1) is 10.1 Å². The van der Waals surface area contributed by atoms with Gasteiger partial charge in [0.1, 0.15) is 11.6 Å². The van der Waals surface area contributed by atoms with E-state index < -0.39 is 4.92 Å². The molecule has 1 aliphatic heterocycles. The Hall–Kier alpha value is -3.77. The van der Waals surface area contributed by atoms with Crippen molar-refractivity contribution in [2.45, 2.75) is 12.8 Å². The third kappa shape index (κ3) is 7.17. The molecule has 12 heteroatoms. The molecule has 3 aromatic rings. The van der Waals surface area contributed by atoms with Gasteiger partial charge in [0.15, 0.2) is 0 Å². The summed E-state index contributed by atoms with van der Waals surface area (Å²) in [4.78, 5) is 34.3. The minimum atomic E-state index is -0.403. The first-order valence-corrected chi connectivity index (χ1v) is 13.2. The molecule has 1 fully saturated rings. The number of nitrogens with zero attached hydrogens (tertiary/aromatic N) is 6. The molecule has 2 aromatic carbocycles. The Morgan fingerprint density at radius 1 is 1.11 bits per heavy atom. The van der Waals surface area contributed by atoms with Crippen LogP contribution in [-0.4, -0.2) is 85.2 Å². The van der Waals surface area contributed by atoms with Gasteiger partial charge in [-0.05, 0) is 29.8 Å². The van der Waals surface area contributed by atoms with Gasteiger partial charge in [-0.1, -0.05) is 12.1 Å². The van der Waals surface area contributed by atoms with E-state index in [2.05, 4.69) is 14.2 Å². The summed E-state index contributed by atoms with van der Waals surface area (Å²) in [5.74, 6) is 1.62. The lowest BCUT2D eigenvalue weighted by Gasteiger charge is -2.36. The lowest BCUT2D eigenvalue weighted by Crippen LogP contribution is -2.49. The zero-order valence-corrected chi connectivity index (χ0v) is 22.4. The van der Waals surface area contributed by atoms with Crippen LogP contribution in [0.25, 0.3) is 0 Å². The minimum absolute atomic E-state index is 0.0726. The SMILES string of the molecule is COCCN(CCC(=O)N1CCN(c2ccc([N+](=O)[O-])cc2)CC1)c1nc(Cc2cccc(OC)c2)ns1. The van der Waals surface area contributed by atoms with E-state index in [4.69, 9.17) is 14.5 Å². The summed E-state index contributed by atoms with van der Waals surface area (Å²) < 4.78 is 15.1. The third-order valence-corrected chi connectivity index (χ3v) is 7.26. The third-order valence-electron chi connectivity index (χ3n) is 6.44. The van der Waals surface area contributed by atoms with Crippen LogP contribution in [0.2, 0.25) is 0 Å². The topological polar surface area (TPSA) is 114 Å². The lowest BCUT2D eigenvalue weighted by molar-refractivity contribution is -0.384. The van der Waals surface area contributed by atoms with Crippen LogP contribution in [0.5, 0.6) is 5.75 Å². The molecule has 0 spiro atoms. The summed E-state index contributed by atoms with van der Waals surface area (Å²) in [6.45, 7) is 4.24. The average molecular weight is 541 g/mol. The van der Waals surface area contributed by atoms with E-state index >= 15 is 0 Å². The number of hydrogen-bond donors (Lipinski definition) is 0. The molecular formula is C26H32N6O5S. The van der Waals surface area contributed by atoms with Gasteiger partial charge in [-0.3, -0.25) is 14.9 Å². The first-order chi connectivity index (χ1) is 18.5. The molecule has 0 unspecified atom stereocenters. The van der Waals surface area contributed by atoms with Crippen LogP contribution in [-0.2, 0) is 16.0 Å². The van der Waals surface area contributed by atoms with E-state index in [1.165, 1.54) is 23.7 Å². The highest BCUT2D eigenvalue weighted by atomic mass is 32.1. The van der Waals surface area contributed by atoms with E-state index in [0.29, 0.717) is 58.7 Å². The van der Waals surface area contributed by atoms with Gasteiger partial charge in [0, 0.05) is 88.6 Å². The number of methoxy groups -OCH3 is 2. The number of ether oxygens (including phenoxy) is 2. The maximum Gasteiger partial charge on any atom is 0.269 e. The molecular weight excluding hydrogens is 508 g/mol. The Morgan fingerprint density at radius 2 is 1.87 bits per heavy atom. The minimum Gasteiger partial charge on any atom is -0.497 e. The molecule has 202 valence electrons. The number of nitro benzene ring substituents is 1. The van der Waals surface area contributed by atoms with E-state index in [0.717, 1.165) is 28.0 Å². The van der Waals surface area contributed by atoms with Gasteiger partial charge in [0.25, 0.3) is 5.69 Å². The summed E-state index contributed by atoms with van der Waals surface area (Å²) in [5, 5.41) is 11.7. The molecule has 1 saturated heterocycles. The molecule has 0 radical (unpaired) electrons. The summed E-state index contributed by atoms with van der Waals surface area (Å²) >= 11 is 1.33. The molecule has 0 atom stereocenters. The summed E-state index contributed by atoms with van der Waals surface area (Å²) in [5.41, 5.74) is 2.07. The second kappa shape index (κ2) is 13.2. The fraction of sp³-hybridized carbons (Fsp3) is 0.423. The van der Waals surface area contributed by atoms with Crippen molar-refractivity contribution in [3.8, 4) is 5.75 Å². The number of benzene rings is 2. The largest absolute Gasteiger partial charge is 0.497 e. The quantitative estimate of drug-likeness (QED) is 0.252. The van der Waals surface area contributed by atoms with Crippen molar-refractivity contribution in [1.29, 1.82) is 0 Å². The van der Waals surface area contributed by atoms with E-state index in [1.807, 2.05) is 29.2 Å². The van der Waals surface area contributed by atoms with Crippen molar-refractivity contribution < 1.29 is 19.2 Å². The summed E-state index contributed by atoms with van der Waals surface area (Å²) in [7, 11) is 3.30. The standard InChI is InChI=1S/C26H32N6O5S/c1-36-17-16-31(26-27-24(28-38-26)19-20-4-3-5-23(18-20)37-2)11-10-25(33)30-14-12-29(13-15-30)21-6-8-22(9-7-21)32(34)35/h3-9,18H,10-17,19H2,1-2H3. The van der Waals surface area contributed by atoms with Crippen LogP contribution in [0.1, 0.15) is 17.8 Å². The number of hydrogen-bond acceptors (Lipinski definition) is 10. The van der Waals surface area contributed by atoms with Crippen molar-refractivity contribution in [3.63, 3.8) is 0 Å². The maximum atomic E-state index is 13.0. The molecule has 4 rings (SSSR count). The predicted molar refractivity (Wildman–Crippen MR) is 146 cm³/mol. The van der Waals surface area contributed by atoms with Gasteiger partial charge >= 0.3 is 0 Å². The molecule has 2 heterocycles. The van der Waals surface area contributed by atoms with Crippen molar-refractivity contribution in [1.82, 2.24) is 14.3 Å². The number of piperazine rings is 1. The number of carbonyl (C=O) groups excluding carboxylic acids is 1. The Bertz CT molecular complexity index is 1210. The van der Waals surface area contributed by atoms with Crippen LogP contribution >= 0.6 is 11.5 Å². The number of nitro groups is 1. The van der Waals surface area contributed by atoms with Crippen LogP contribution in [0.4, 0.5) is 16.5 Å². The van der Waals surface area contributed by atoms with Gasteiger partial charge in [0.2, 0.25) is 11.0 Å². The van der Waals surface area contributed by atoms with E-state index in [-0.39, 0.29) is 11.6 Å². The normalized spacial score (nSPS) is 13.4. The fourth-order valence-corrected chi connectivity index (χ4v) is 5.04. The lowest BCUT2D eigenvalue weighted by atomic mass is 10.1. The average Bonchev–Trinajstić information content (AvgIpc) is 3.41. The summed E-state index contributed by atoms with van der Waals surface area (Å²) in [6, 6.07) is 14.4. The second-order valence-electron chi connectivity index (χ2n) is 8.89. The molecule has 0 saturated carbocycles. The molecule has 1 amide bonds. The Balaban J connectivity index is 1.30. The molecule has 11 nitrogen and oxygen atoms in total. The van der Waals surface area contributed by atoms with Crippen molar-refractivity contribution in [2.24, 2.45) is 0 Å². The summed E-state index contributed by atoms with van der Waals surface area (Å²) in [6.07, 6.45) is 0.968. The monoisotopic (exact) mass is 540 g/mol. The number of rotatable bonds is 12. The molecule has 0 aliphatic carbocycles. The fourth-order valence-electron chi connectivity index (χ4n) is 4.30. The van der Waals surface area contributed by atoms with Crippen molar-refractivity contribution >= 4 is 33.9 Å². The second-order valence-corrected chi connectivity index (χ2v) is 9.62. The Labute approximate surface area is 225 Å². The Morgan fingerprint density at radius 3 is 2.55 bits per heavy atom. The number of carbonyl (C=O) groups is 1. The van der Waals surface area contributed by atoms with Crippen LogP contribution in [0.15, 0.2) is 48.5 Å². The zero-order valence-electron chi connectivity index (χ0n) is 21.6. The van der Waals surface area contributed by atoms with Gasteiger partial charge in [0.05, 0.1) is 18.6 Å². The van der Waals surface area contributed by atoms with E-state index in [9.17, 15) is 14.9 Å². The molecule has 38 heavy (non-hydrogen) atoms. The smallest absolute Gasteiger partial charge is 0.269 e. The maximum absolute atomic E-state index is 13.0. The number of anilines is 2. The Kier molecular flexibility index (Phi) is 9.44. The van der Waals surface area contributed by atoms with Gasteiger partial charge in [-0.2, -0.15) is 4.37 Å². The van der Waals surface area contributed by atoms with Crippen LogP contribution in [0.3, 0.4) is 0 Å². The van der Waals surface area contributed by atoms with Gasteiger partial charge < -0.3 is 24.2 Å². The highest BCUT2D eigenvalue weighted by molar-refractivity contribution is 7.09. The van der Waals surface area contributed by atoms with Crippen molar-refractivity contribution in [2.75, 3.05) is 69.9 Å². The molecule has 1 aliphatic rings. The number of amides is 1. The highest BCUT2D eigenvalue weighted by Crippen LogP contribution is 2.23. The van der Waals surface area contributed by atoms with Crippen LogP contribution < -0.4 is 14.5 Å². The molecule has 0 bridgehead atoms. The van der Waals surface area contributed by atoms with E-state index in [1.54, 1.807) is 26.4 Å². The first kappa shape index (κ1) is 27.3. The molecule has 0 N–H and O–H groups in total.